The predicted octanol–water partition coefficient (Wildman–Crippen LogP) is 4.97. The third-order valence-corrected chi connectivity index (χ3v) is 9.41. The summed E-state index contributed by atoms with van der Waals surface area (Å²) >= 11 is 0. The van der Waals surface area contributed by atoms with Crippen molar-refractivity contribution in [2.75, 3.05) is 57.8 Å². The van der Waals surface area contributed by atoms with Crippen LogP contribution >= 0.6 is 0 Å². The van der Waals surface area contributed by atoms with Crippen molar-refractivity contribution in [3.05, 3.63) is 71.8 Å². The number of piperazine rings is 1. The van der Waals surface area contributed by atoms with E-state index in [-0.39, 0.29) is 35.9 Å². The van der Waals surface area contributed by atoms with Gasteiger partial charge in [-0.1, -0.05) is 19.1 Å². The number of halogens is 1. The topological polar surface area (TPSA) is 94.1 Å². The number of ether oxygens (including phenoxy) is 1. The summed E-state index contributed by atoms with van der Waals surface area (Å²) in [6.45, 7) is 8.46. The first-order chi connectivity index (χ1) is 22.4. The minimum Gasteiger partial charge on any atom is -0.477 e. The Morgan fingerprint density at radius 1 is 1.02 bits per heavy atom. The lowest BCUT2D eigenvalue weighted by atomic mass is 10.0. The Labute approximate surface area is 270 Å². The summed E-state index contributed by atoms with van der Waals surface area (Å²) < 4.78 is 19.8. The monoisotopic (exact) mass is 629 g/mol. The molecule has 0 saturated carbocycles. The number of aromatic nitrogens is 2. The summed E-state index contributed by atoms with van der Waals surface area (Å²) in [5.41, 5.74) is 3.31. The molecule has 0 bridgehead atoms. The minimum atomic E-state index is -0.284. The van der Waals surface area contributed by atoms with Crippen LogP contribution < -0.4 is 15.0 Å². The predicted molar refractivity (Wildman–Crippen MR) is 175 cm³/mol. The van der Waals surface area contributed by atoms with E-state index in [0.717, 1.165) is 55.6 Å². The van der Waals surface area contributed by atoms with Crippen LogP contribution in [-0.4, -0.2) is 102 Å². The minimum absolute atomic E-state index is 0.0119. The average molecular weight is 630 g/mol. The summed E-state index contributed by atoms with van der Waals surface area (Å²) in [5, 5.41) is 3.23. The normalized spacial score (nSPS) is 21.9. The van der Waals surface area contributed by atoms with Crippen LogP contribution in [0.1, 0.15) is 61.6 Å². The van der Waals surface area contributed by atoms with Crippen molar-refractivity contribution in [1.82, 2.24) is 30.0 Å². The number of pyridine rings is 2. The number of likely N-dealkylation sites (tertiary alicyclic amines) is 2. The number of hydrogen-bond acceptors (Lipinski definition) is 7. The SMILES string of the molecule is CCOc1ncccc1-c1ccc(N2CCN(C(=O)N3CCC[C@H]3c3cccc(F)c3)C[C@H]2CC)c(C(=O)N[C@@H]2CCN(C)C2)n1. The van der Waals surface area contributed by atoms with Crippen LogP contribution in [0.2, 0.25) is 0 Å². The number of nitrogens with one attached hydrogen (secondary N) is 1. The summed E-state index contributed by atoms with van der Waals surface area (Å²) in [4.78, 5) is 45.4. The van der Waals surface area contributed by atoms with E-state index in [4.69, 9.17) is 9.72 Å². The molecule has 0 aliphatic carbocycles. The zero-order chi connectivity index (χ0) is 32.2. The number of nitrogens with zero attached hydrogens (tertiary/aromatic N) is 6. The van der Waals surface area contributed by atoms with Gasteiger partial charge in [0.2, 0.25) is 5.88 Å². The standard InChI is InChI=1S/C35H44FN7O3/c1-4-27-23-41(35(45)43-17-8-12-30(43)24-9-6-10-25(36)21-24)19-20-42(27)31-14-13-29(28-11-7-16-37-34(28)46-5-2)39-32(31)33(44)38-26-15-18-40(3)22-26/h6-7,9-11,13-14,16,21,26-27,30H,4-5,8,12,15,17-20,22-23H2,1-3H3,(H,38,44)/t26-,27-,30+/m1/s1. The number of carbonyl (C=O) groups excluding carboxylic acids is 2. The fourth-order valence-corrected chi connectivity index (χ4v) is 7.08. The maximum atomic E-state index is 14.0. The zero-order valence-corrected chi connectivity index (χ0v) is 27.0. The van der Waals surface area contributed by atoms with E-state index in [1.165, 1.54) is 6.07 Å². The van der Waals surface area contributed by atoms with Crippen LogP contribution in [0.15, 0.2) is 54.7 Å². The molecule has 5 heterocycles. The van der Waals surface area contributed by atoms with Crippen molar-refractivity contribution < 1.29 is 18.7 Å². The van der Waals surface area contributed by atoms with Gasteiger partial charge in [0.25, 0.3) is 5.91 Å². The van der Waals surface area contributed by atoms with E-state index < -0.39 is 0 Å². The van der Waals surface area contributed by atoms with Crippen molar-refractivity contribution in [2.24, 2.45) is 0 Å². The molecule has 1 aromatic carbocycles. The quantitative estimate of drug-likeness (QED) is 0.376. The molecule has 3 aliphatic heterocycles. The van der Waals surface area contributed by atoms with Gasteiger partial charge in [0, 0.05) is 51.0 Å². The molecule has 0 spiro atoms. The molecular formula is C35H44FN7O3. The molecule has 3 fully saturated rings. The van der Waals surface area contributed by atoms with Crippen LogP contribution in [0.4, 0.5) is 14.9 Å². The molecule has 6 rings (SSSR count). The molecule has 3 amide bonds. The fraction of sp³-hybridized carbons (Fsp3) is 0.486. The molecule has 46 heavy (non-hydrogen) atoms. The second kappa shape index (κ2) is 14.0. The van der Waals surface area contributed by atoms with Crippen molar-refractivity contribution in [3.8, 4) is 17.1 Å². The maximum Gasteiger partial charge on any atom is 0.320 e. The molecule has 3 saturated heterocycles. The summed E-state index contributed by atoms with van der Waals surface area (Å²) in [5.74, 6) is -0.0121. The molecule has 3 aromatic rings. The van der Waals surface area contributed by atoms with E-state index in [1.54, 1.807) is 18.3 Å². The number of carbonyl (C=O) groups is 2. The highest BCUT2D eigenvalue weighted by molar-refractivity contribution is 5.99. The smallest absolute Gasteiger partial charge is 0.320 e. The number of likely N-dealkylation sites (N-methyl/N-ethyl adjacent to an activating group) is 1. The lowest BCUT2D eigenvalue weighted by molar-refractivity contribution is 0.0933. The molecule has 0 radical (unpaired) electrons. The second-order valence-electron chi connectivity index (χ2n) is 12.5. The zero-order valence-electron chi connectivity index (χ0n) is 27.0. The lowest BCUT2D eigenvalue weighted by Crippen LogP contribution is -2.57. The average Bonchev–Trinajstić information content (AvgIpc) is 3.73. The molecule has 3 aliphatic rings. The molecule has 3 atom stereocenters. The van der Waals surface area contributed by atoms with Gasteiger partial charge in [0.15, 0.2) is 5.69 Å². The fourth-order valence-electron chi connectivity index (χ4n) is 7.08. The number of rotatable bonds is 8. The number of anilines is 1. The van der Waals surface area contributed by atoms with E-state index in [1.807, 2.05) is 47.1 Å². The Kier molecular flexibility index (Phi) is 9.67. The molecule has 10 nitrogen and oxygen atoms in total. The van der Waals surface area contributed by atoms with Crippen molar-refractivity contribution in [1.29, 1.82) is 0 Å². The summed E-state index contributed by atoms with van der Waals surface area (Å²) in [6.07, 6.45) is 5.06. The van der Waals surface area contributed by atoms with Gasteiger partial charge in [0.1, 0.15) is 5.82 Å². The summed E-state index contributed by atoms with van der Waals surface area (Å²) in [7, 11) is 2.06. The van der Waals surface area contributed by atoms with Crippen LogP contribution in [0.5, 0.6) is 5.88 Å². The highest BCUT2D eigenvalue weighted by Crippen LogP contribution is 2.35. The van der Waals surface area contributed by atoms with E-state index in [2.05, 4.69) is 34.1 Å². The first-order valence-corrected chi connectivity index (χ1v) is 16.5. The van der Waals surface area contributed by atoms with Gasteiger partial charge < -0.3 is 29.7 Å². The number of urea groups is 1. The van der Waals surface area contributed by atoms with E-state index in [0.29, 0.717) is 50.1 Å². The maximum absolute atomic E-state index is 14.0. The Bertz CT molecular complexity index is 1550. The van der Waals surface area contributed by atoms with Crippen LogP contribution in [0, 0.1) is 5.82 Å². The van der Waals surface area contributed by atoms with E-state index in [9.17, 15) is 14.0 Å². The van der Waals surface area contributed by atoms with Crippen molar-refractivity contribution >= 4 is 17.6 Å². The van der Waals surface area contributed by atoms with E-state index >= 15 is 0 Å². The Morgan fingerprint density at radius 3 is 2.65 bits per heavy atom. The lowest BCUT2D eigenvalue weighted by Gasteiger charge is -2.44. The third kappa shape index (κ3) is 6.65. The molecule has 0 unspecified atom stereocenters. The van der Waals surface area contributed by atoms with Crippen LogP contribution in [-0.2, 0) is 0 Å². The Hall–Kier alpha value is -4.25. The van der Waals surface area contributed by atoms with Gasteiger partial charge >= 0.3 is 6.03 Å². The molecule has 2 aromatic heterocycles. The molecule has 11 heteroatoms. The van der Waals surface area contributed by atoms with Crippen molar-refractivity contribution in [3.63, 3.8) is 0 Å². The van der Waals surface area contributed by atoms with Gasteiger partial charge in [-0.3, -0.25) is 4.79 Å². The van der Waals surface area contributed by atoms with Crippen LogP contribution in [0.25, 0.3) is 11.3 Å². The number of hydrogen-bond donors (Lipinski definition) is 1. The van der Waals surface area contributed by atoms with Gasteiger partial charge in [-0.15, -0.1) is 0 Å². The molecule has 1 N–H and O–H groups in total. The number of benzene rings is 1. The molecular weight excluding hydrogens is 585 g/mol. The van der Waals surface area contributed by atoms with Crippen molar-refractivity contribution in [2.45, 2.75) is 57.7 Å². The largest absolute Gasteiger partial charge is 0.477 e. The first-order valence-electron chi connectivity index (χ1n) is 16.5. The highest BCUT2D eigenvalue weighted by atomic mass is 19.1. The third-order valence-electron chi connectivity index (χ3n) is 9.41. The Morgan fingerprint density at radius 2 is 1.89 bits per heavy atom. The second-order valence-corrected chi connectivity index (χ2v) is 12.5. The van der Waals surface area contributed by atoms with Gasteiger partial charge in [0.05, 0.1) is 29.6 Å². The molecule has 244 valence electrons. The highest BCUT2D eigenvalue weighted by Gasteiger charge is 2.37. The Balaban J connectivity index is 1.26. The first kappa shape index (κ1) is 31.7. The van der Waals surface area contributed by atoms with Crippen LogP contribution in [0.3, 0.4) is 0 Å². The summed E-state index contributed by atoms with van der Waals surface area (Å²) in [6, 6.07) is 14.1. The van der Waals surface area contributed by atoms with Gasteiger partial charge in [-0.2, -0.15) is 0 Å². The number of amides is 3. The van der Waals surface area contributed by atoms with Gasteiger partial charge in [-0.25, -0.2) is 19.2 Å². The van der Waals surface area contributed by atoms with Gasteiger partial charge in [-0.05, 0) is 88.2 Å².